The first-order valence-corrected chi connectivity index (χ1v) is 7.83. The molecule has 2 aliphatic rings. The normalized spacial score (nSPS) is 32.6. The fraction of sp³-hybridized carbons (Fsp3) is 0.647. The number of rotatable bonds is 1. The van der Waals surface area contributed by atoms with Crippen LogP contribution in [-0.4, -0.2) is 23.5 Å². The predicted octanol–water partition coefficient (Wildman–Crippen LogP) is 3.48. The lowest BCUT2D eigenvalue weighted by Crippen LogP contribution is -2.46. The van der Waals surface area contributed by atoms with Crippen molar-refractivity contribution in [1.29, 1.82) is 0 Å². The Kier molecular flexibility index (Phi) is 3.90. The lowest BCUT2D eigenvalue weighted by molar-refractivity contribution is 0.0510. The molecule has 1 aromatic rings. The van der Waals surface area contributed by atoms with E-state index in [1.807, 2.05) is 0 Å². The van der Waals surface area contributed by atoms with E-state index in [0.717, 1.165) is 25.2 Å². The Morgan fingerprint density at radius 3 is 2.58 bits per heavy atom. The molecule has 1 N–H and O–H groups in total. The van der Waals surface area contributed by atoms with Crippen LogP contribution in [0, 0.1) is 0 Å². The summed E-state index contributed by atoms with van der Waals surface area (Å²) in [5, 5.41) is 3.58. The molecule has 0 amide bonds. The van der Waals surface area contributed by atoms with Crippen molar-refractivity contribution in [3.8, 4) is 0 Å². The van der Waals surface area contributed by atoms with E-state index in [0.29, 0.717) is 6.04 Å². The van der Waals surface area contributed by atoms with Crippen molar-refractivity contribution in [3.05, 3.63) is 35.4 Å². The van der Waals surface area contributed by atoms with Gasteiger partial charge in [-0.05, 0) is 50.8 Å². The highest BCUT2D eigenvalue weighted by molar-refractivity contribution is 5.31. The van der Waals surface area contributed by atoms with Gasteiger partial charge in [0.1, 0.15) is 0 Å². The van der Waals surface area contributed by atoms with Crippen LogP contribution in [0.15, 0.2) is 24.3 Å². The van der Waals surface area contributed by atoms with Crippen molar-refractivity contribution in [2.75, 3.05) is 6.54 Å². The van der Waals surface area contributed by atoms with E-state index in [1.54, 1.807) is 5.56 Å². The maximum absolute atomic E-state index is 3.58. The predicted molar refractivity (Wildman–Crippen MR) is 80.1 cm³/mol. The molecule has 1 saturated heterocycles. The van der Waals surface area contributed by atoms with Crippen molar-refractivity contribution in [2.24, 2.45) is 0 Å². The fourth-order valence-corrected chi connectivity index (χ4v) is 4.00. The number of nitrogens with zero attached hydrogens (tertiary/aromatic N) is 1. The van der Waals surface area contributed by atoms with Crippen LogP contribution in [0.1, 0.15) is 56.7 Å². The van der Waals surface area contributed by atoms with Gasteiger partial charge in [0, 0.05) is 24.7 Å². The standard InChI is InChI=1S/C17H26N2/c1-13-6-5-7-14(2)19(13)17-10-11-18-12-15-8-3-4-9-16(15)17/h3-4,8-9,13-14,17-18H,5-7,10-12H2,1-2H3/t13-,14+,17?. The zero-order chi connectivity index (χ0) is 13.2. The van der Waals surface area contributed by atoms with Crippen LogP contribution in [-0.2, 0) is 6.54 Å². The number of likely N-dealkylation sites (tertiary alicyclic amines) is 1. The molecule has 1 aromatic carbocycles. The van der Waals surface area contributed by atoms with E-state index in [4.69, 9.17) is 0 Å². The minimum absolute atomic E-state index is 0.608. The smallest absolute Gasteiger partial charge is 0.0369 e. The molecule has 19 heavy (non-hydrogen) atoms. The number of hydrogen-bond acceptors (Lipinski definition) is 2. The van der Waals surface area contributed by atoms with Crippen molar-refractivity contribution in [2.45, 2.75) is 64.2 Å². The Hall–Kier alpha value is -0.860. The van der Waals surface area contributed by atoms with Gasteiger partial charge in [-0.3, -0.25) is 4.90 Å². The van der Waals surface area contributed by atoms with Crippen LogP contribution < -0.4 is 5.32 Å². The molecule has 0 radical (unpaired) electrons. The largest absolute Gasteiger partial charge is 0.313 e. The van der Waals surface area contributed by atoms with Gasteiger partial charge in [-0.25, -0.2) is 0 Å². The van der Waals surface area contributed by atoms with Crippen molar-refractivity contribution < 1.29 is 0 Å². The second kappa shape index (κ2) is 5.64. The van der Waals surface area contributed by atoms with Gasteiger partial charge in [0.2, 0.25) is 0 Å². The number of nitrogens with one attached hydrogen (secondary N) is 1. The second-order valence-corrected chi connectivity index (χ2v) is 6.26. The molecule has 2 heteroatoms. The Morgan fingerprint density at radius 2 is 1.79 bits per heavy atom. The third-order valence-corrected chi connectivity index (χ3v) is 4.95. The molecule has 104 valence electrons. The summed E-state index contributed by atoms with van der Waals surface area (Å²) in [5.74, 6) is 0. The molecule has 0 saturated carbocycles. The summed E-state index contributed by atoms with van der Waals surface area (Å²) in [6, 6.07) is 11.1. The summed E-state index contributed by atoms with van der Waals surface area (Å²) in [5.41, 5.74) is 3.06. The number of hydrogen-bond donors (Lipinski definition) is 1. The first-order valence-electron chi connectivity index (χ1n) is 7.83. The van der Waals surface area contributed by atoms with E-state index in [1.165, 1.54) is 31.2 Å². The zero-order valence-electron chi connectivity index (χ0n) is 12.2. The Morgan fingerprint density at radius 1 is 1.05 bits per heavy atom. The highest BCUT2D eigenvalue weighted by Crippen LogP contribution is 2.36. The summed E-state index contributed by atoms with van der Waals surface area (Å²) < 4.78 is 0. The van der Waals surface area contributed by atoms with E-state index >= 15 is 0 Å². The number of fused-ring (bicyclic) bond motifs is 1. The van der Waals surface area contributed by atoms with E-state index in [-0.39, 0.29) is 0 Å². The van der Waals surface area contributed by atoms with Gasteiger partial charge in [0.15, 0.2) is 0 Å². The molecule has 3 rings (SSSR count). The van der Waals surface area contributed by atoms with E-state index in [9.17, 15) is 0 Å². The first kappa shape index (κ1) is 13.1. The first-order chi connectivity index (χ1) is 9.27. The molecule has 1 fully saturated rings. The quantitative estimate of drug-likeness (QED) is 0.829. The maximum Gasteiger partial charge on any atom is 0.0369 e. The van der Waals surface area contributed by atoms with Crippen LogP contribution in [0.5, 0.6) is 0 Å². The Labute approximate surface area is 117 Å². The second-order valence-electron chi connectivity index (χ2n) is 6.26. The minimum atomic E-state index is 0.608. The molecule has 3 atom stereocenters. The van der Waals surface area contributed by atoms with Gasteiger partial charge < -0.3 is 5.32 Å². The van der Waals surface area contributed by atoms with Crippen LogP contribution in [0.2, 0.25) is 0 Å². The average Bonchev–Trinajstić information content (AvgIpc) is 2.62. The highest BCUT2D eigenvalue weighted by atomic mass is 15.2. The van der Waals surface area contributed by atoms with Crippen LogP contribution in [0.25, 0.3) is 0 Å². The third-order valence-electron chi connectivity index (χ3n) is 4.95. The van der Waals surface area contributed by atoms with E-state index < -0.39 is 0 Å². The minimum Gasteiger partial charge on any atom is -0.313 e. The molecule has 2 nitrogen and oxygen atoms in total. The van der Waals surface area contributed by atoms with Crippen molar-refractivity contribution in [3.63, 3.8) is 0 Å². The molecule has 2 aliphatic heterocycles. The van der Waals surface area contributed by atoms with Gasteiger partial charge in [-0.2, -0.15) is 0 Å². The molecular formula is C17H26N2. The van der Waals surface area contributed by atoms with Gasteiger partial charge in [0.25, 0.3) is 0 Å². The van der Waals surface area contributed by atoms with Crippen LogP contribution in [0.3, 0.4) is 0 Å². The molecule has 0 aliphatic carbocycles. The van der Waals surface area contributed by atoms with Crippen LogP contribution >= 0.6 is 0 Å². The average molecular weight is 258 g/mol. The van der Waals surface area contributed by atoms with Gasteiger partial charge in [-0.1, -0.05) is 30.7 Å². The van der Waals surface area contributed by atoms with Crippen molar-refractivity contribution >= 4 is 0 Å². The molecule has 0 aromatic heterocycles. The highest BCUT2D eigenvalue weighted by Gasteiger charge is 2.33. The number of piperidine rings is 1. The molecular weight excluding hydrogens is 232 g/mol. The lowest BCUT2D eigenvalue weighted by Gasteiger charge is -2.44. The summed E-state index contributed by atoms with van der Waals surface area (Å²) in [6.45, 7) is 6.99. The Balaban J connectivity index is 1.94. The molecule has 0 bridgehead atoms. The summed E-state index contributed by atoms with van der Waals surface area (Å²) in [7, 11) is 0. The van der Waals surface area contributed by atoms with Gasteiger partial charge in [0.05, 0.1) is 0 Å². The summed E-state index contributed by atoms with van der Waals surface area (Å²) >= 11 is 0. The molecule has 2 heterocycles. The maximum atomic E-state index is 3.58. The third kappa shape index (κ3) is 2.56. The molecule has 1 unspecified atom stereocenters. The zero-order valence-corrected chi connectivity index (χ0v) is 12.2. The van der Waals surface area contributed by atoms with Gasteiger partial charge >= 0.3 is 0 Å². The van der Waals surface area contributed by atoms with Crippen molar-refractivity contribution in [1.82, 2.24) is 10.2 Å². The summed E-state index contributed by atoms with van der Waals surface area (Å²) in [4.78, 5) is 2.79. The Bertz CT molecular complexity index is 419. The SMILES string of the molecule is C[C@@H]1CCC[C@H](C)N1C1CCNCc2ccccc21. The molecule has 0 spiro atoms. The fourth-order valence-electron chi connectivity index (χ4n) is 4.00. The monoisotopic (exact) mass is 258 g/mol. The summed E-state index contributed by atoms with van der Waals surface area (Å²) in [6.07, 6.45) is 5.35. The van der Waals surface area contributed by atoms with Gasteiger partial charge in [-0.15, -0.1) is 0 Å². The number of benzene rings is 1. The topological polar surface area (TPSA) is 15.3 Å². The van der Waals surface area contributed by atoms with Crippen LogP contribution in [0.4, 0.5) is 0 Å². The van der Waals surface area contributed by atoms with E-state index in [2.05, 4.69) is 48.3 Å². The lowest BCUT2D eigenvalue weighted by atomic mass is 9.90.